The van der Waals surface area contributed by atoms with Gasteiger partial charge in [-0.25, -0.2) is 0 Å². The van der Waals surface area contributed by atoms with Crippen LogP contribution in [0.1, 0.15) is 15.9 Å². The summed E-state index contributed by atoms with van der Waals surface area (Å²) in [5, 5.41) is 5.51. The van der Waals surface area contributed by atoms with Gasteiger partial charge >= 0.3 is 0 Å². The average Bonchev–Trinajstić information content (AvgIpc) is 2.35. The third-order valence-electron chi connectivity index (χ3n) is 2.13. The zero-order valence-electron chi connectivity index (χ0n) is 9.86. The van der Waals surface area contributed by atoms with Crippen LogP contribution in [0, 0.1) is 0 Å². The third kappa shape index (κ3) is 5.03. The molecule has 1 rings (SSSR count). The van der Waals surface area contributed by atoms with E-state index in [0.29, 0.717) is 18.1 Å². The summed E-state index contributed by atoms with van der Waals surface area (Å²) in [5.41, 5.74) is 7.12. The number of benzene rings is 1. The summed E-state index contributed by atoms with van der Waals surface area (Å²) in [7, 11) is 3.22. The van der Waals surface area contributed by atoms with Crippen molar-refractivity contribution in [2.24, 2.45) is 10.7 Å². The Morgan fingerprint density at radius 2 is 2.18 bits per heavy atom. The van der Waals surface area contributed by atoms with E-state index in [1.54, 1.807) is 20.2 Å². The Morgan fingerprint density at radius 3 is 2.76 bits per heavy atom. The molecular weight excluding hydrogens is 331 g/mol. The van der Waals surface area contributed by atoms with Crippen LogP contribution in [-0.4, -0.2) is 26.0 Å². The highest BCUT2D eigenvalue weighted by atomic mass is 127. The van der Waals surface area contributed by atoms with Crippen LogP contribution in [0.25, 0.3) is 0 Å². The summed E-state index contributed by atoms with van der Waals surface area (Å²) in [6.45, 7) is 0.550. The van der Waals surface area contributed by atoms with Gasteiger partial charge in [0.25, 0.3) is 5.91 Å². The Hall–Kier alpha value is -1.31. The van der Waals surface area contributed by atoms with Gasteiger partial charge in [-0.3, -0.25) is 9.79 Å². The van der Waals surface area contributed by atoms with Gasteiger partial charge in [-0.05, 0) is 17.7 Å². The summed E-state index contributed by atoms with van der Waals surface area (Å²) in [6.07, 6.45) is 0. The first-order valence-corrected chi connectivity index (χ1v) is 4.94. The number of hydrogen-bond donors (Lipinski definition) is 3. The molecule has 0 fully saturated rings. The summed E-state index contributed by atoms with van der Waals surface area (Å²) >= 11 is 0. The van der Waals surface area contributed by atoms with Crippen LogP contribution in [0.2, 0.25) is 0 Å². The van der Waals surface area contributed by atoms with E-state index in [2.05, 4.69) is 15.6 Å². The largest absolute Gasteiger partial charge is 0.370 e. The zero-order valence-corrected chi connectivity index (χ0v) is 12.2. The Kier molecular flexibility index (Phi) is 7.27. The molecule has 0 atom stereocenters. The van der Waals surface area contributed by atoms with Gasteiger partial charge in [-0.15, -0.1) is 24.0 Å². The maximum absolute atomic E-state index is 11.4. The quantitative estimate of drug-likeness (QED) is 0.427. The van der Waals surface area contributed by atoms with E-state index in [0.717, 1.165) is 5.56 Å². The SMILES string of the molecule is CN=C(N)NCc1cccc(C(=O)NC)c1.I. The number of carbonyl (C=O) groups is 1. The van der Waals surface area contributed by atoms with E-state index >= 15 is 0 Å². The van der Waals surface area contributed by atoms with E-state index in [-0.39, 0.29) is 29.9 Å². The molecule has 0 aliphatic heterocycles. The maximum Gasteiger partial charge on any atom is 0.251 e. The van der Waals surface area contributed by atoms with Gasteiger partial charge in [0.2, 0.25) is 0 Å². The smallest absolute Gasteiger partial charge is 0.251 e. The normalized spacial score (nSPS) is 10.4. The molecule has 0 heterocycles. The van der Waals surface area contributed by atoms with E-state index in [9.17, 15) is 4.79 Å². The van der Waals surface area contributed by atoms with Crippen molar-refractivity contribution in [3.8, 4) is 0 Å². The van der Waals surface area contributed by atoms with Gasteiger partial charge in [-0.2, -0.15) is 0 Å². The minimum Gasteiger partial charge on any atom is -0.370 e. The minimum atomic E-state index is -0.0982. The fraction of sp³-hybridized carbons (Fsp3) is 0.273. The molecule has 0 saturated heterocycles. The van der Waals surface area contributed by atoms with Crippen LogP contribution in [0.5, 0.6) is 0 Å². The molecule has 17 heavy (non-hydrogen) atoms. The second-order valence-electron chi connectivity index (χ2n) is 3.24. The first kappa shape index (κ1) is 15.7. The topological polar surface area (TPSA) is 79.5 Å². The number of nitrogens with two attached hydrogens (primary N) is 1. The zero-order chi connectivity index (χ0) is 12.0. The molecule has 0 aromatic heterocycles. The van der Waals surface area contributed by atoms with Crippen LogP contribution in [-0.2, 0) is 6.54 Å². The Bertz CT molecular complexity index is 406. The molecule has 0 bridgehead atoms. The number of rotatable bonds is 3. The molecular formula is C11H17IN4O. The fourth-order valence-electron chi connectivity index (χ4n) is 1.24. The van der Waals surface area contributed by atoms with Crippen molar-refractivity contribution in [2.75, 3.05) is 14.1 Å². The van der Waals surface area contributed by atoms with Gasteiger partial charge in [0, 0.05) is 26.2 Å². The van der Waals surface area contributed by atoms with Crippen LogP contribution in [0.4, 0.5) is 0 Å². The lowest BCUT2D eigenvalue weighted by Crippen LogP contribution is -2.30. The highest BCUT2D eigenvalue weighted by Gasteiger charge is 2.03. The predicted octanol–water partition coefficient (Wildman–Crippen LogP) is 0.698. The molecule has 1 amide bonds. The van der Waals surface area contributed by atoms with Gasteiger partial charge in [-0.1, -0.05) is 12.1 Å². The number of carbonyl (C=O) groups excluding carboxylic acids is 1. The number of nitrogens with zero attached hydrogens (tertiary/aromatic N) is 1. The number of amides is 1. The number of halogens is 1. The Labute approximate surface area is 118 Å². The van der Waals surface area contributed by atoms with E-state index < -0.39 is 0 Å². The average molecular weight is 348 g/mol. The van der Waals surface area contributed by atoms with Crippen LogP contribution < -0.4 is 16.4 Å². The van der Waals surface area contributed by atoms with E-state index in [1.165, 1.54) is 0 Å². The van der Waals surface area contributed by atoms with Crippen molar-refractivity contribution in [3.63, 3.8) is 0 Å². The lowest BCUT2D eigenvalue weighted by Gasteiger charge is -2.06. The number of hydrogen-bond acceptors (Lipinski definition) is 2. The van der Waals surface area contributed by atoms with Crippen molar-refractivity contribution < 1.29 is 4.79 Å². The summed E-state index contributed by atoms with van der Waals surface area (Å²) in [5.74, 6) is 0.282. The molecule has 0 aliphatic rings. The lowest BCUT2D eigenvalue weighted by atomic mass is 10.1. The number of aliphatic imine (C=N–C) groups is 1. The lowest BCUT2D eigenvalue weighted by molar-refractivity contribution is 0.0963. The van der Waals surface area contributed by atoms with Crippen LogP contribution in [0.3, 0.4) is 0 Å². The molecule has 1 aromatic carbocycles. The van der Waals surface area contributed by atoms with Crippen LogP contribution in [0.15, 0.2) is 29.3 Å². The molecule has 0 aliphatic carbocycles. The number of nitrogens with one attached hydrogen (secondary N) is 2. The van der Waals surface area contributed by atoms with Crippen molar-refractivity contribution in [3.05, 3.63) is 35.4 Å². The molecule has 5 nitrogen and oxygen atoms in total. The second-order valence-corrected chi connectivity index (χ2v) is 3.24. The summed E-state index contributed by atoms with van der Waals surface area (Å²) < 4.78 is 0. The van der Waals surface area contributed by atoms with Gasteiger partial charge in [0.1, 0.15) is 0 Å². The van der Waals surface area contributed by atoms with E-state index in [4.69, 9.17) is 5.73 Å². The molecule has 0 unspecified atom stereocenters. The third-order valence-corrected chi connectivity index (χ3v) is 2.13. The minimum absolute atomic E-state index is 0. The van der Waals surface area contributed by atoms with Gasteiger partial charge in [0.05, 0.1) is 0 Å². The van der Waals surface area contributed by atoms with Crippen molar-refractivity contribution in [1.29, 1.82) is 0 Å². The number of guanidine groups is 1. The first-order valence-electron chi connectivity index (χ1n) is 4.94. The molecule has 0 radical (unpaired) electrons. The van der Waals surface area contributed by atoms with E-state index in [1.807, 2.05) is 18.2 Å². The van der Waals surface area contributed by atoms with Crippen LogP contribution >= 0.6 is 24.0 Å². The first-order chi connectivity index (χ1) is 7.67. The van der Waals surface area contributed by atoms with Crippen molar-refractivity contribution >= 4 is 35.8 Å². The van der Waals surface area contributed by atoms with Gasteiger partial charge < -0.3 is 16.4 Å². The van der Waals surface area contributed by atoms with Crippen molar-refractivity contribution in [1.82, 2.24) is 10.6 Å². The summed E-state index contributed by atoms with van der Waals surface area (Å²) in [6, 6.07) is 7.33. The van der Waals surface area contributed by atoms with Crippen molar-refractivity contribution in [2.45, 2.75) is 6.54 Å². The predicted molar refractivity (Wildman–Crippen MR) is 79.6 cm³/mol. The highest BCUT2D eigenvalue weighted by molar-refractivity contribution is 14.0. The highest BCUT2D eigenvalue weighted by Crippen LogP contribution is 2.04. The Morgan fingerprint density at radius 1 is 1.47 bits per heavy atom. The molecule has 4 N–H and O–H groups in total. The fourth-order valence-corrected chi connectivity index (χ4v) is 1.24. The molecule has 0 saturated carbocycles. The molecule has 0 spiro atoms. The summed E-state index contributed by atoms with van der Waals surface area (Å²) in [4.78, 5) is 15.2. The maximum atomic E-state index is 11.4. The Balaban J connectivity index is 0.00000256. The molecule has 1 aromatic rings. The molecule has 6 heteroatoms. The second kappa shape index (κ2) is 7.88. The monoisotopic (exact) mass is 348 g/mol. The molecule has 94 valence electrons. The van der Waals surface area contributed by atoms with Gasteiger partial charge in [0.15, 0.2) is 5.96 Å². The standard InChI is InChI=1S/C11H16N4O.HI/c1-13-10(16)9-5-3-4-8(6-9)7-15-11(12)14-2;/h3-6H,7H2,1-2H3,(H,13,16)(H3,12,14,15);1H.